The summed E-state index contributed by atoms with van der Waals surface area (Å²) in [4.78, 5) is 11.3. The van der Waals surface area contributed by atoms with E-state index in [1.54, 1.807) is 6.92 Å². The van der Waals surface area contributed by atoms with Crippen LogP contribution in [0.3, 0.4) is 0 Å². The monoisotopic (exact) mass is 265 g/mol. The molecule has 0 fully saturated rings. The van der Waals surface area contributed by atoms with Gasteiger partial charge >= 0.3 is 5.97 Å². The molecule has 4 nitrogen and oxygen atoms in total. The molecule has 0 heterocycles. The van der Waals surface area contributed by atoms with E-state index in [0.717, 1.165) is 23.4 Å². The van der Waals surface area contributed by atoms with Crippen LogP contribution in [-0.2, 0) is 16.1 Å². The molecule has 1 rings (SSSR count). The fraction of sp³-hybridized carbons (Fsp3) is 0.533. The van der Waals surface area contributed by atoms with Gasteiger partial charge in [-0.05, 0) is 19.4 Å². The molecule has 1 aromatic rings. The Bertz CT molecular complexity index is 416. The standard InChI is InChI=1S/C15H23NO3/c1-5-18-14(17)10-19-15-12(4)7-6-8-13(15)9-16-11(2)3/h6-8,11,16H,5,9-10H2,1-4H3. The van der Waals surface area contributed by atoms with Gasteiger partial charge in [0.2, 0.25) is 0 Å². The van der Waals surface area contributed by atoms with Crippen LogP contribution in [0.1, 0.15) is 31.9 Å². The maximum atomic E-state index is 11.3. The summed E-state index contributed by atoms with van der Waals surface area (Å²) in [6, 6.07) is 6.37. The number of esters is 1. The highest BCUT2D eigenvalue weighted by molar-refractivity contribution is 5.71. The van der Waals surface area contributed by atoms with Crippen LogP contribution in [-0.4, -0.2) is 25.2 Å². The van der Waals surface area contributed by atoms with Gasteiger partial charge in [0.25, 0.3) is 0 Å². The Morgan fingerprint density at radius 2 is 2.11 bits per heavy atom. The zero-order chi connectivity index (χ0) is 14.3. The fourth-order valence-corrected chi connectivity index (χ4v) is 1.71. The number of aryl methyl sites for hydroxylation is 1. The molecule has 0 amide bonds. The Kier molecular flexibility index (Phi) is 6.36. The number of carbonyl (C=O) groups is 1. The van der Waals surface area contributed by atoms with Crippen LogP contribution in [0.2, 0.25) is 0 Å². The normalized spacial score (nSPS) is 10.6. The minimum Gasteiger partial charge on any atom is -0.481 e. The Labute approximate surface area is 115 Å². The molecule has 1 N–H and O–H groups in total. The minimum atomic E-state index is -0.339. The van der Waals surface area contributed by atoms with Gasteiger partial charge < -0.3 is 14.8 Å². The quantitative estimate of drug-likeness (QED) is 0.769. The van der Waals surface area contributed by atoms with Crippen molar-refractivity contribution >= 4 is 5.97 Å². The molecule has 0 atom stereocenters. The highest BCUT2D eigenvalue weighted by Gasteiger charge is 2.10. The van der Waals surface area contributed by atoms with Crippen LogP contribution < -0.4 is 10.1 Å². The second-order valence-corrected chi connectivity index (χ2v) is 4.69. The molecule has 0 aliphatic heterocycles. The smallest absolute Gasteiger partial charge is 0.344 e. The summed E-state index contributed by atoms with van der Waals surface area (Å²) in [5.41, 5.74) is 2.07. The van der Waals surface area contributed by atoms with E-state index < -0.39 is 0 Å². The topological polar surface area (TPSA) is 47.6 Å². The summed E-state index contributed by atoms with van der Waals surface area (Å²) in [5.74, 6) is 0.428. The number of hydrogen-bond acceptors (Lipinski definition) is 4. The molecule has 0 aliphatic carbocycles. The first kappa shape index (κ1) is 15.5. The molecular formula is C15H23NO3. The summed E-state index contributed by atoms with van der Waals surface area (Å²) in [6.45, 7) is 8.98. The van der Waals surface area contributed by atoms with Gasteiger partial charge in [-0.1, -0.05) is 32.0 Å². The molecule has 1 aromatic carbocycles. The molecule has 0 radical (unpaired) electrons. The SMILES string of the molecule is CCOC(=O)COc1c(C)cccc1CNC(C)C. The van der Waals surface area contributed by atoms with Crippen LogP contribution >= 0.6 is 0 Å². The fourth-order valence-electron chi connectivity index (χ4n) is 1.71. The summed E-state index contributed by atoms with van der Waals surface area (Å²) >= 11 is 0. The molecule has 19 heavy (non-hydrogen) atoms. The van der Waals surface area contributed by atoms with Crippen molar-refractivity contribution in [1.29, 1.82) is 0 Å². The lowest BCUT2D eigenvalue weighted by Gasteiger charge is -2.15. The number of rotatable bonds is 7. The van der Waals surface area contributed by atoms with Crippen LogP contribution in [0.25, 0.3) is 0 Å². The van der Waals surface area contributed by atoms with Gasteiger partial charge in [0.1, 0.15) is 5.75 Å². The molecule has 4 heteroatoms. The molecule has 0 saturated carbocycles. The van der Waals surface area contributed by atoms with Gasteiger partial charge in [0.15, 0.2) is 6.61 Å². The van der Waals surface area contributed by atoms with E-state index in [0.29, 0.717) is 12.6 Å². The van der Waals surface area contributed by atoms with Crippen molar-refractivity contribution in [2.75, 3.05) is 13.2 Å². The van der Waals surface area contributed by atoms with Crippen molar-refractivity contribution in [3.8, 4) is 5.75 Å². The molecule has 0 spiro atoms. The third kappa shape index (κ3) is 5.30. The zero-order valence-corrected chi connectivity index (χ0v) is 12.2. The molecule has 0 aliphatic rings. The van der Waals surface area contributed by atoms with Crippen LogP contribution in [0.15, 0.2) is 18.2 Å². The highest BCUT2D eigenvalue weighted by atomic mass is 16.6. The van der Waals surface area contributed by atoms with Crippen molar-refractivity contribution in [3.05, 3.63) is 29.3 Å². The maximum Gasteiger partial charge on any atom is 0.344 e. The lowest BCUT2D eigenvalue weighted by atomic mass is 10.1. The van der Waals surface area contributed by atoms with E-state index in [2.05, 4.69) is 19.2 Å². The van der Waals surface area contributed by atoms with Crippen LogP contribution in [0.5, 0.6) is 5.75 Å². The Morgan fingerprint density at radius 1 is 1.37 bits per heavy atom. The number of nitrogens with one attached hydrogen (secondary N) is 1. The van der Waals surface area contributed by atoms with Gasteiger partial charge in [0.05, 0.1) is 6.61 Å². The number of hydrogen-bond donors (Lipinski definition) is 1. The number of ether oxygens (including phenoxy) is 2. The van der Waals surface area contributed by atoms with Crippen molar-refractivity contribution < 1.29 is 14.3 Å². The Balaban J connectivity index is 2.71. The summed E-state index contributed by atoms with van der Waals surface area (Å²) < 4.78 is 10.5. The molecule has 0 bridgehead atoms. The van der Waals surface area contributed by atoms with Gasteiger partial charge in [-0.3, -0.25) is 0 Å². The van der Waals surface area contributed by atoms with Gasteiger partial charge in [-0.25, -0.2) is 4.79 Å². The van der Waals surface area contributed by atoms with Crippen molar-refractivity contribution in [2.45, 2.75) is 40.3 Å². The Morgan fingerprint density at radius 3 is 2.74 bits per heavy atom. The van der Waals surface area contributed by atoms with E-state index >= 15 is 0 Å². The van der Waals surface area contributed by atoms with Crippen LogP contribution in [0, 0.1) is 6.92 Å². The first-order valence-corrected chi connectivity index (χ1v) is 6.64. The third-order valence-electron chi connectivity index (χ3n) is 2.63. The summed E-state index contributed by atoms with van der Waals surface area (Å²) in [7, 11) is 0. The highest BCUT2D eigenvalue weighted by Crippen LogP contribution is 2.23. The predicted octanol–water partition coefficient (Wildman–Crippen LogP) is 2.43. The van der Waals surface area contributed by atoms with E-state index in [9.17, 15) is 4.79 Å². The summed E-state index contributed by atoms with van der Waals surface area (Å²) in [6.07, 6.45) is 0. The van der Waals surface area contributed by atoms with E-state index in [-0.39, 0.29) is 12.6 Å². The van der Waals surface area contributed by atoms with E-state index in [1.165, 1.54) is 0 Å². The molecule has 106 valence electrons. The van der Waals surface area contributed by atoms with E-state index in [4.69, 9.17) is 9.47 Å². The van der Waals surface area contributed by atoms with Crippen molar-refractivity contribution in [3.63, 3.8) is 0 Å². The van der Waals surface area contributed by atoms with Crippen molar-refractivity contribution in [2.24, 2.45) is 0 Å². The number of benzene rings is 1. The maximum absolute atomic E-state index is 11.3. The third-order valence-corrected chi connectivity index (χ3v) is 2.63. The van der Waals surface area contributed by atoms with Crippen molar-refractivity contribution in [1.82, 2.24) is 5.32 Å². The largest absolute Gasteiger partial charge is 0.481 e. The van der Waals surface area contributed by atoms with Gasteiger partial charge in [0, 0.05) is 18.2 Å². The molecule has 0 aromatic heterocycles. The van der Waals surface area contributed by atoms with Crippen LogP contribution in [0.4, 0.5) is 0 Å². The molecule has 0 unspecified atom stereocenters. The van der Waals surface area contributed by atoms with Gasteiger partial charge in [-0.15, -0.1) is 0 Å². The second-order valence-electron chi connectivity index (χ2n) is 4.69. The Hall–Kier alpha value is -1.55. The second kappa shape index (κ2) is 7.79. The first-order valence-electron chi connectivity index (χ1n) is 6.64. The van der Waals surface area contributed by atoms with Gasteiger partial charge in [-0.2, -0.15) is 0 Å². The molecular weight excluding hydrogens is 242 g/mol. The molecule has 0 saturated heterocycles. The average Bonchev–Trinajstić information content (AvgIpc) is 2.35. The lowest BCUT2D eigenvalue weighted by Crippen LogP contribution is -2.23. The zero-order valence-electron chi connectivity index (χ0n) is 12.2. The predicted molar refractivity (Wildman–Crippen MR) is 75.3 cm³/mol. The average molecular weight is 265 g/mol. The number of carbonyl (C=O) groups excluding carboxylic acids is 1. The lowest BCUT2D eigenvalue weighted by molar-refractivity contribution is -0.145. The summed E-state index contributed by atoms with van der Waals surface area (Å²) in [5, 5.41) is 3.35. The minimum absolute atomic E-state index is 0.0482. The van der Waals surface area contributed by atoms with E-state index in [1.807, 2.05) is 25.1 Å². The number of para-hydroxylation sites is 1. The first-order chi connectivity index (χ1) is 9.04.